The normalized spacial score (nSPS) is 13.2. The Hall–Kier alpha value is -3.83. The molecule has 0 spiro atoms. The molecule has 1 aliphatic rings. The molecule has 0 heterocycles. The molecule has 1 aliphatic carbocycles. The molecular formula is C29H29NO4. The fourth-order valence-corrected chi connectivity index (χ4v) is 4.06. The number of hydrogen-bond acceptors (Lipinski definition) is 4. The largest absolute Gasteiger partial charge is 0.482 e. The van der Waals surface area contributed by atoms with Crippen LogP contribution in [0.25, 0.3) is 6.08 Å². The molecule has 5 nitrogen and oxygen atoms in total. The Labute approximate surface area is 200 Å². The summed E-state index contributed by atoms with van der Waals surface area (Å²) in [7, 11) is 0. The van der Waals surface area contributed by atoms with Gasteiger partial charge in [-0.05, 0) is 53.7 Å². The highest BCUT2D eigenvalue weighted by Crippen LogP contribution is 2.32. The van der Waals surface area contributed by atoms with Crippen molar-refractivity contribution < 1.29 is 19.5 Å². The van der Waals surface area contributed by atoms with Gasteiger partial charge in [-0.15, -0.1) is 0 Å². The van der Waals surface area contributed by atoms with Crippen LogP contribution >= 0.6 is 0 Å². The summed E-state index contributed by atoms with van der Waals surface area (Å²) in [5, 5.41) is 8.92. The number of allylic oxidation sites excluding steroid dienone is 3. The predicted molar refractivity (Wildman–Crippen MR) is 133 cm³/mol. The van der Waals surface area contributed by atoms with Crippen LogP contribution in [0.1, 0.15) is 48.1 Å². The Bertz CT molecular complexity index is 1130. The van der Waals surface area contributed by atoms with Gasteiger partial charge in [0.1, 0.15) is 11.9 Å². The van der Waals surface area contributed by atoms with Gasteiger partial charge in [0.15, 0.2) is 6.61 Å². The molecule has 0 amide bonds. The second-order valence-electron chi connectivity index (χ2n) is 8.17. The van der Waals surface area contributed by atoms with Crippen LogP contribution in [0.5, 0.6) is 5.75 Å². The number of fused-ring (bicyclic) bond motifs is 1. The van der Waals surface area contributed by atoms with Gasteiger partial charge in [0, 0.05) is 11.3 Å². The molecule has 2 N–H and O–H groups in total. The van der Waals surface area contributed by atoms with Crippen LogP contribution in [0.3, 0.4) is 0 Å². The SMILES string of the molecule is CCC(=CC1=Cc2cccc(OCC(=O)O)c2CC1)NOC(c1ccccc1)c1ccccc1. The third-order valence-electron chi connectivity index (χ3n) is 5.78. The summed E-state index contributed by atoms with van der Waals surface area (Å²) in [6, 6.07) is 26.1. The minimum absolute atomic E-state index is 0.229. The molecule has 0 aromatic heterocycles. The number of carboxylic acids is 1. The first-order chi connectivity index (χ1) is 16.6. The molecule has 0 bridgehead atoms. The van der Waals surface area contributed by atoms with Gasteiger partial charge in [-0.1, -0.05) is 85.8 Å². The first-order valence-corrected chi connectivity index (χ1v) is 11.5. The van der Waals surface area contributed by atoms with Crippen molar-refractivity contribution in [1.82, 2.24) is 5.48 Å². The van der Waals surface area contributed by atoms with Crippen molar-refractivity contribution >= 4 is 12.0 Å². The van der Waals surface area contributed by atoms with Gasteiger partial charge in [-0.3, -0.25) is 10.3 Å². The summed E-state index contributed by atoms with van der Waals surface area (Å²) in [6.45, 7) is 1.76. The lowest BCUT2D eigenvalue weighted by atomic mass is 9.91. The maximum atomic E-state index is 10.9. The lowest BCUT2D eigenvalue weighted by molar-refractivity contribution is -0.139. The number of aliphatic carboxylic acids is 1. The molecule has 174 valence electrons. The van der Waals surface area contributed by atoms with Gasteiger partial charge in [-0.2, -0.15) is 0 Å². The Morgan fingerprint density at radius 3 is 2.26 bits per heavy atom. The van der Waals surface area contributed by atoms with E-state index in [1.165, 1.54) is 5.57 Å². The number of ether oxygens (including phenoxy) is 1. The number of nitrogens with one attached hydrogen (secondary N) is 1. The standard InChI is InChI=1S/C29H29NO4/c1-2-25(30-34-29(22-10-5-3-6-11-22)23-12-7-4-8-13-23)19-21-16-17-26-24(18-21)14-9-15-27(26)33-20-28(31)32/h3-15,18-19,29-30H,2,16-17,20H2,1H3,(H,31,32). The van der Waals surface area contributed by atoms with E-state index in [9.17, 15) is 4.79 Å². The number of carbonyl (C=O) groups is 1. The highest BCUT2D eigenvalue weighted by atomic mass is 16.7. The van der Waals surface area contributed by atoms with Gasteiger partial charge < -0.3 is 9.84 Å². The average molecular weight is 456 g/mol. The van der Waals surface area contributed by atoms with E-state index in [4.69, 9.17) is 14.7 Å². The highest BCUT2D eigenvalue weighted by Gasteiger charge is 2.17. The highest BCUT2D eigenvalue weighted by molar-refractivity contribution is 5.69. The van der Waals surface area contributed by atoms with Crippen LogP contribution in [0, 0.1) is 0 Å². The zero-order valence-electron chi connectivity index (χ0n) is 19.2. The third-order valence-corrected chi connectivity index (χ3v) is 5.78. The zero-order valence-corrected chi connectivity index (χ0v) is 19.2. The molecule has 0 radical (unpaired) electrons. The summed E-state index contributed by atoms with van der Waals surface area (Å²) >= 11 is 0. The molecule has 3 aromatic carbocycles. The molecule has 0 fully saturated rings. The molecule has 5 heteroatoms. The van der Waals surface area contributed by atoms with Crippen molar-refractivity contribution in [2.24, 2.45) is 0 Å². The number of hydrogen-bond donors (Lipinski definition) is 2. The third kappa shape index (κ3) is 5.94. The van der Waals surface area contributed by atoms with Crippen molar-refractivity contribution in [2.45, 2.75) is 32.3 Å². The Kier molecular flexibility index (Phi) is 7.79. The number of carboxylic acid groups (broad SMARTS) is 1. The Morgan fingerprint density at radius 1 is 0.971 bits per heavy atom. The zero-order chi connectivity index (χ0) is 23.8. The lowest BCUT2D eigenvalue weighted by Crippen LogP contribution is -2.19. The minimum Gasteiger partial charge on any atom is -0.482 e. The maximum absolute atomic E-state index is 10.9. The van der Waals surface area contributed by atoms with E-state index in [-0.39, 0.29) is 12.7 Å². The summed E-state index contributed by atoms with van der Waals surface area (Å²) < 4.78 is 5.48. The van der Waals surface area contributed by atoms with Crippen LogP contribution in [0.15, 0.2) is 96.2 Å². The summed E-state index contributed by atoms with van der Waals surface area (Å²) in [6.07, 6.45) is 6.47. The van der Waals surface area contributed by atoms with Crippen LogP contribution in [-0.4, -0.2) is 17.7 Å². The van der Waals surface area contributed by atoms with Crippen LogP contribution in [0.4, 0.5) is 0 Å². The molecule has 0 atom stereocenters. The number of benzene rings is 3. The molecule has 4 rings (SSSR count). The molecule has 0 saturated carbocycles. The quantitative estimate of drug-likeness (QED) is 0.363. The van der Waals surface area contributed by atoms with Gasteiger partial charge in [0.25, 0.3) is 0 Å². The molecule has 0 aliphatic heterocycles. The summed E-state index contributed by atoms with van der Waals surface area (Å²) in [5.74, 6) is -0.333. The van der Waals surface area contributed by atoms with Crippen molar-refractivity contribution in [3.63, 3.8) is 0 Å². The molecule has 0 saturated heterocycles. The fraction of sp³-hybridized carbons (Fsp3) is 0.207. The Balaban J connectivity index is 1.51. The molecule has 34 heavy (non-hydrogen) atoms. The monoisotopic (exact) mass is 455 g/mol. The molecular weight excluding hydrogens is 426 g/mol. The van der Waals surface area contributed by atoms with Crippen LogP contribution in [0.2, 0.25) is 0 Å². The minimum atomic E-state index is -0.976. The van der Waals surface area contributed by atoms with Gasteiger partial charge >= 0.3 is 5.97 Å². The van der Waals surface area contributed by atoms with Gasteiger partial charge in [0.2, 0.25) is 0 Å². The van der Waals surface area contributed by atoms with Gasteiger partial charge in [-0.25, -0.2) is 4.79 Å². The second-order valence-corrected chi connectivity index (χ2v) is 8.17. The van der Waals surface area contributed by atoms with Crippen LogP contribution < -0.4 is 10.2 Å². The first-order valence-electron chi connectivity index (χ1n) is 11.5. The van der Waals surface area contributed by atoms with E-state index in [1.54, 1.807) is 0 Å². The summed E-state index contributed by atoms with van der Waals surface area (Å²) in [5.41, 5.74) is 9.66. The number of rotatable bonds is 10. The molecule has 0 unspecified atom stereocenters. The van der Waals surface area contributed by atoms with E-state index >= 15 is 0 Å². The second kappa shape index (κ2) is 11.3. The Morgan fingerprint density at radius 2 is 1.65 bits per heavy atom. The topological polar surface area (TPSA) is 67.8 Å². The first kappa shape index (κ1) is 23.3. The predicted octanol–water partition coefficient (Wildman–Crippen LogP) is 6.08. The van der Waals surface area contributed by atoms with Crippen molar-refractivity contribution in [3.05, 3.63) is 118 Å². The van der Waals surface area contributed by atoms with E-state index in [1.807, 2.05) is 54.6 Å². The van der Waals surface area contributed by atoms with E-state index in [2.05, 4.69) is 48.8 Å². The van der Waals surface area contributed by atoms with Crippen LogP contribution in [-0.2, 0) is 16.1 Å². The maximum Gasteiger partial charge on any atom is 0.341 e. The van der Waals surface area contributed by atoms with Crippen molar-refractivity contribution in [2.75, 3.05) is 6.61 Å². The van der Waals surface area contributed by atoms with E-state index in [0.29, 0.717) is 5.75 Å². The lowest BCUT2D eigenvalue weighted by Gasteiger charge is -2.22. The van der Waals surface area contributed by atoms with E-state index < -0.39 is 5.97 Å². The number of hydroxylamine groups is 1. The van der Waals surface area contributed by atoms with E-state index in [0.717, 1.165) is 47.2 Å². The smallest absolute Gasteiger partial charge is 0.341 e. The van der Waals surface area contributed by atoms with Gasteiger partial charge in [0.05, 0.1) is 0 Å². The van der Waals surface area contributed by atoms with Crippen molar-refractivity contribution in [3.8, 4) is 5.75 Å². The average Bonchev–Trinajstić information content (AvgIpc) is 2.88. The van der Waals surface area contributed by atoms with Crippen molar-refractivity contribution in [1.29, 1.82) is 0 Å². The fourth-order valence-electron chi connectivity index (χ4n) is 4.06. The summed E-state index contributed by atoms with van der Waals surface area (Å²) in [4.78, 5) is 17.1. The molecule has 3 aromatic rings.